The predicted octanol–water partition coefficient (Wildman–Crippen LogP) is 3.70. The van der Waals surface area contributed by atoms with Crippen LogP contribution in [0.15, 0.2) is 35.7 Å². The minimum Gasteiger partial charge on any atom is -0.494 e. The molecule has 1 heterocycles. The zero-order valence-corrected chi connectivity index (χ0v) is 14.4. The van der Waals surface area contributed by atoms with Gasteiger partial charge in [-0.2, -0.15) is 0 Å². The van der Waals surface area contributed by atoms with E-state index in [1.54, 1.807) is 24.3 Å². The molecule has 0 aliphatic carbocycles. The molecule has 124 valence electrons. The van der Waals surface area contributed by atoms with Crippen molar-refractivity contribution < 1.29 is 14.6 Å². The third kappa shape index (κ3) is 5.08. The maximum absolute atomic E-state index is 12.1. The van der Waals surface area contributed by atoms with Gasteiger partial charge in [0.2, 0.25) is 0 Å². The Balaban J connectivity index is 1.84. The lowest BCUT2D eigenvalue weighted by Crippen LogP contribution is -2.28. The molecular weight excluding hydrogens is 310 g/mol. The van der Waals surface area contributed by atoms with Crippen molar-refractivity contribution >= 4 is 17.2 Å². The summed E-state index contributed by atoms with van der Waals surface area (Å²) in [5.74, 6) is 0.572. The van der Waals surface area contributed by atoms with Crippen molar-refractivity contribution in [3.63, 3.8) is 0 Å². The summed E-state index contributed by atoms with van der Waals surface area (Å²) in [5, 5.41) is 14.8. The van der Waals surface area contributed by atoms with E-state index in [1.807, 2.05) is 18.4 Å². The Morgan fingerprint density at radius 1 is 1.30 bits per heavy atom. The van der Waals surface area contributed by atoms with Crippen LogP contribution < -0.4 is 10.1 Å². The fourth-order valence-corrected chi connectivity index (χ4v) is 3.06. The number of aryl methyl sites for hydroxylation is 1. The van der Waals surface area contributed by atoms with Gasteiger partial charge in [-0.25, -0.2) is 0 Å². The van der Waals surface area contributed by atoms with Crippen LogP contribution in [-0.2, 0) is 0 Å². The number of rotatable bonds is 8. The standard InChI is InChI=1S/C18H23NO3S/c1-3-4-10-22-15-7-5-14(6-8-15)18(21)19-12-16(20)17-13(2)9-11-23-17/h5-9,11,16,20H,3-4,10,12H2,1-2H3,(H,19,21)/t16-/m0/s1. The van der Waals surface area contributed by atoms with Crippen LogP contribution in [0, 0.1) is 6.92 Å². The number of hydrogen-bond donors (Lipinski definition) is 2. The van der Waals surface area contributed by atoms with E-state index < -0.39 is 6.10 Å². The number of aliphatic hydroxyl groups is 1. The number of nitrogens with one attached hydrogen (secondary N) is 1. The van der Waals surface area contributed by atoms with E-state index in [2.05, 4.69) is 12.2 Å². The fourth-order valence-electron chi connectivity index (χ4n) is 2.15. The maximum Gasteiger partial charge on any atom is 0.251 e. The Kier molecular flexibility index (Phi) is 6.62. The molecule has 0 saturated heterocycles. The quantitative estimate of drug-likeness (QED) is 0.724. The van der Waals surface area contributed by atoms with Gasteiger partial charge < -0.3 is 15.2 Å². The lowest BCUT2D eigenvalue weighted by atomic mass is 10.2. The average Bonchev–Trinajstić information content (AvgIpc) is 2.99. The lowest BCUT2D eigenvalue weighted by Gasteiger charge is -2.12. The number of benzene rings is 1. The van der Waals surface area contributed by atoms with Gasteiger partial charge in [0.05, 0.1) is 6.61 Å². The highest BCUT2D eigenvalue weighted by molar-refractivity contribution is 7.10. The Labute approximate surface area is 141 Å². The zero-order valence-electron chi connectivity index (χ0n) is 13.5. The van der Waals surface area contributed by atoms with E-state index in [-0.39, 0.29) is 12.5 Å². The van der Waals surface area contributed by atoms with Gasteiger partial charge in [0.1, 0.15) is 11.9 Å². The highest BCUT2D eigenvalue weighted by Crippen LogP contribution is 2.23. The summed E-state index contributed by atoms with van der Waals surface area (Å²) in [5.41, 5.74) is 1.60. The predicted molar refractivity (Wildman–Crippen MR) is 93.2 cm³/mol. The average molecular weight is 333 g/mol. The van der Waals surface area contributed by atoms with Crippen LogP contribution in [0.4, 0.5) is 0 Å². The van der Waals surface area contributed by atoms with Gasteiger partial charge in [0.15, 0.2) is 0 Å². The molecule has 0 aliphatic rings. The molecule has 0 unspecified atom stereocenters. The molecule has 0 saturated carbocycles. The van der Waals surface area contributed by atoms with E-state index in [0.29, 0.717) is 12.2 Å². The van der Waals surface area contributed by atoms with Crippen LogP contribution in [0.2, 0.25) is 0 Å². The SMILES string of the molecule is CCCCOc1ccc(C(=O)NC[C@H](O)c2sccc2C)cc1. The zero-order chi connectivity index (χ0) is 16.7. The number of hydrogen-bond acceptors (Lipinski definition) is 4. The second-order valence-corrected chi connectivity index (χ2v) is 6.37. The molecule has 2 N–H and O–H groups in total. The van der Waals surface area contributed by atoms with Gasteiger partial charge in [-0.05, 0) is 54.6 Å². The Hall–Kier alpha value is -1.85. The summed E-state index contributed by atoms with van der Waals surface area (Å²) in [6, 6.07) is 9.02. The topological polar surface area (TPSA) is 58.6 Å². The molecule has 1 amide bonds. The highest BCUT2D eigenvalue weighted by Gasteiger charge is 2.14. The maximum atomic E-state index is 12.1. The third-order valence-corrected chi connectivity index (χ3v) is 4.66. The Bertz CT molecular complexity index is 621. The molecule has 1 atom stereocenters. The minimum absolute atomic E-state index is 0.196. The molecule has 2 rings (SSSR count). The van der Waals surface area contributed by atoms with E-state index in [9.17, 15) is 9.90 Å². The highest BCUT2D eigenvalue weighted by atomic mass is 32.1. The van der Waals surface area contributed by atoms with Crippen molar-refractivity contribution in [2.24, 2.45) is 0 Å². The van der Waals surface area contributed by atoms with Gasteiger partial charge >= 0.3 is 0 Å². The summed E-state index contributed by atoms with van der Waals surface area (Å²) in [6.07, 6.45) is 1.44. The first-order valence-corrected chi connectivity index (χ1v) is 8.73. The second kappa shape index (κ2) is 8.70. The molecule has 0 aliphatic heterocycles. The Morgan fingerprint density at radius 2 is 2.04 bits per heavy atom. The summed E-state index contributed by atoms with van der Waals surface area (Å²) in [7, 11) is 0. The normalized spacial score (nSPS) is 12.0. The number of carbonyl (C=O) groups excluding carboxylic acids is 1. The van der Waals surface area contributed by atoms with Gasteiger partial charge in [0.25, 0.3) is 5.91 Å². The van der Waals surface area contributed by atoms with Crippen molar-refractivity contribution in [1.29, 1.82) is 0 Å². The van der Waals surface area contributed by atoms with Crippen LogP contribution in [0.1, 0.15) is 46.7 Å². The number of unbranched alkanes of at least 4 members (excludes halogenated alkanes) is 1. The minimum atomic E-state index is -0.671. The van der Waals surface area contributed by atoms with Gasteiger partial charge in [-0.15, -0.1) is 11.3 Å². The van der Waals surface area contributed by atoms with Crippen LogP contribution in [0.5, 0.6) is 5.75 Å². The first-order valence-electron chi connectivity index (χ1n) is 7.85. The van der Waals surface area contributed by atoms with Crippen LogP contribution in [0.25, 0.3) is 0 Å². The van der Waals surface area contributed by atoms with E-state index in [0.717, 1.165) is 29.0 Å². The number of thiophene rings is 1. The van der Waals surface area contributed by atoms with Crippen LogP contribution in [-0.4, -0.2) is 24.2 Å². The molecule has 0 fully saturated rings. The van der Waals surface area contributed by atoms with E-state index in [4.69, 9.17) is 4.74 Å². The second-order valence-electron chi connectivity index (χ2n) is 5.42. The number of ether oxygens (including phenoxy) is 1. The largest absolute Gasteiger partial charge is 0.494 e. The monoisotopic (exact) mass is 333 g/mol. The van der Waals surface area contributed by atoms with Crippen LogP contribution in [0.3, 0.4) is 0 Å². The molecule has 4 nitrogen and oxygen atoms in total. The molecule has 1 aromatic carbocycles. The summed E-state index contributed by atoms with van der Waals surface area (Å²) >= 11 is 1.50. The number of carbonyl (C=O) groups is 1. The first-order chi connectivity index (χ1) is 11.1. The van der Waals surface area contributed by atoms with Gasteiger partial charge in [0, 0.05) is 17.0 Å². The summed E-state index contributed by atoms with van der Waals surface area (Å²) in [6.45, 7) is 4.96. The van der Waals surface area contributed by atoms with Crippen molar-refractivity contribution in [2.45, 2.75) is 32.8 Å². The fraction of sp³-hybridized carbons (Fsp3) is 0.389. The van der Waals surface area contributed by atoms with Crippen molar-refractivity contribution in [2.75, 3.05) is 13.2 Å². The van der Waals surface area contributed by atoms with Gasteiger partial charge in [-0.3, -0.25) is 4.79 Å². The van der Waals surface area contributed by atoms with Gasteiger partial charge in [-0.1, -0.05) is 13.3 Å². The van der Waals surface area contributed by atoms with Crippen molar-refractivity contribution in [3.8, 4) is 5.75 Å². The molecule has 0 spiro atoms. The molecule has 23 heavy (non-hydrogen) atoms. The molecular formula is C18H23NO3S. The van der Waals surface area contributed by atoms with Crippen molar-refractivity contribution in [3.05, 3.63) is 51.7 Å². The van der Waals surface area contributed by atoms with Crippen LogP contribution >= 0.6 is 11.3 Å². The smallest absolute Gasteiger partial charge is 0.251 e. The number of aliphatic hydroxyl groups excluding tert-OH is 1. The summed E-state index contributed by atoms with van der Waals surface area (Å²) in [4.78, 5) is 13.0. The summed E-state index contributed by atoms with van der Waals surface area (Å²) < 4.78 is 5.57. The lowest BCUT2D eigenvalue weighted by molar-refractivity contribution is 0.0917. The molecule has 1 aromatic heterocycles. The van der Waals surface area contributed by atoms with E-state index in [1.165, 1.54) is 11.3 Å². The molecule has 2 aromatic rings. The molecule has 0 bridgehead atoms. The first kappa shape index (κ1) is 17.5. The molecule has 0 radical (unpaired) electrons. The molecule has 5 heteroatoms. The Morgan fingerprint density at radius 3 is 2.65 bits per heavy atom. The van der Waals surface area contributed by atoms with Crippen molar-refractivity contribution in [1.82, 2.24) is 5.32 Å². The third-order valence-electron chi connectivity index (χ3n) is 3.54. The van der Waals surface area contributed by atoms with E-state index >= 15 is 0 Å². The number of amides is 1.